The van der Waals surface area contributed by atoms with Crippen LogP contribution in [0.1, 0.15) is 98.8 Å². The summed E-state index contributed by atoms with van der Waals surface area (Å²) in [5, 5.41) is 0. The van der Waals surface area contributed by atoms with Crippen molar-refractivity contribution in [2.75, 3.05) is 0 Å². The summed E-state index contributed by atoms with van der Waals surface area (Å²) in [7, 11) is 0.0454. The van der Waals surface area contributed by atoms with Gasteiger partial charge in [-0.1, -0.05) is 64.7 Å². The number of hydrogen-bond acceptors (Lipinski definition) is 2. The van der Waals surface area contributed by atoms with Crippen LogP contribution in [0.5, 0.6) is 0 Å². The molecular formula is C19H37BO2. The molecule has 0 amide bonds. The van der Waals surface area contributed by atoms with E-state index in [1.807, 2.05) is 0 Å². The molecule has 2 rings (SSSR count). The lowest BCUT2D eigenvalue weighted by Gasteiger charge is -2.32. The van der Waals surface area contributed by atoms with Gasteiger partial charge in [0.25, 0.3) is 0 Å². The largest absolute Gasteiger partial charge is 0.461 e. The number of unbranched alkanes of at least 4 members (excludes halogenated alkanes) is 7. The van der Waals surface area contributed by atoms with Crippen LogP contribution in [0, 0.1) is 5.92 Å². The molecule has 0 radical (unpaired) electrons. The Balaban J connectivity index is 1.52. The Morgan fingerprint density at radius 1 is 0.818 bits per heavy atom. The summed E-state index contributed by atoms with van der Waals surface area (Å²) in [4.78, 5) is 0. The molecule has 1 saturated heterocycles. The summed E-state index contributed by atoms with van der Waals surface area (Å²) < 4.78 is 12.4. The predicted octanol–water partition coefficient (Wildman–Crippen LogP) is 6.00. The van der Waals surface area contributed by atoms with Crippen LogP contribution in [-0.2, 0) is 9.31 Å². The average Bonchev–Trinajstić information content (AvgIpc) is 3.15. The Morgan fingerprint density at radius 3 is 1.86 bits per heavy atom. The van der Waals surface area contributed by atoms with Crippen molar-refractivity contribution in [3.63, 3.8) is 0 Å². The van der Waals surface area contributed by atoms with E-state index in [4.69, 9.17) is 9.31 Å². The number of hydrogen-bond donors (Lipinski definition) is 0. The summed E-state index contributed by atoms with van der Waals surface area (Å²) in [5.41, 5.74) is -0.327. The fourth-order valence-corrected chi connectivity index (χ4v) is 3.54. The molecule has 2 fully saturated rings. The van der Waals surface area contributed by atoms with Gasteiger partial charge in [0, 0.05) is 0 Å². The maximum atomic E-state index is 6.18. The monoisotopic (exact) mass is 308 g/mol. The quantitative estimate of drug-likeness (QED) is 0.364. The standard InChI is InChI=1S/C19H37BO2/c1-6-7-8-9-10-11-12-13-14-16-15-17(16)20-21-18(2,3)19(4,5)22-20/h16-17H,6-15H2,1-5H3. The second kappa shape index (κ2) is 7.70. The Kier molecular flexibility index (Phi) is 6.42. The van der Waals surface area contributed by atoms with E-state index in [1.54, 1.807) is 0 Å². The second-order valence-corrected chi connectivity index (χ2v) is 8.55. The number of rotatable bonds is 10. The highest BCUT2D eigenvalue weighted by atomic mass is 16.7. The van der Waals surface area contributed by atoms with Gasteiger partial charge in [0.1, 0.15) is 0 Å². The Bertz CT molecular complexity index is 324. The zero-order valence-electron chi connectivity index (χ0n) is 15.6. The van der Waals surface area contributed by atoms with Crippen molar-refractivity contribution in [3.8, 4) is 0 Å². The van der Waals surface area contributed by atoms with E-state index < -0.39 is 0 Å². The van der Waals surface area contributed by atoms with E-state index in [2.05, 4.69) is 34.6 Å². The molecule has 1 heterocycles. The van der Waals surface area contributed by atoms with Crippen LogP contribution >= 0.6 is 0 Å². The third-order valence-electron chi connectivity index (χ3n) is 6.03. The van der Waals surface area contributed by atoms with E-state index in [0.29, 0.717) is 5.82 Å². The van der Waals surface area contributed by atoms with Gasteiger partial charge >= 0.3 is 7.12 Å². The van der Waals surface area contributed by atoms with Crippen molar-refractivity contribution in [1.82, 2.24) is 0 Å². The van der Waals surface area contributed by atoms with Gasteiger partial charge in [-0.15, -0.1) is 0 Å². The van der Waals surface area contributed by atoms with E-state index >= 15 is 0 Å². The summed E-state index contributed by atoms with van der Waals surface area (Å²) in [5.74, 6) is 1.51. The first-order valence-corrected chi connectivity index (χ1v) is 9.73. The van der Waals surface area contributed by atoms with Gasteiger partial charge in [-0.05, 0) is 45.9 Å². The molecule has 1 aliphatic carbocycles. The smallest absolute Gasteiger partial charge is 0.403 e. The first kappa shape index (κ1) is 18.3. The molecule has 0 bridgehead atoms. The Morgan fingerprint density at radius 2 is 1.32 bits per heavy atom. The fourth-order valence-electron chi connectivity index (χ4n) is 3.54. The minimum atomic E-state index is -0.163. The molecule has 2 atom stereocenters. The summed E-state index contributed by atoms with van der Waals surface area (Å²) in [6, 6.07) is 0. The van der Waals surface area contributed by atoms with Gasteiger partial charge < -0.3 is 9.31 Å². The van der Waals surface area contributed by atoms with Crippen LogP contribution < -0.4 is 0 Å². The minimum absolute atomic E-state index is 0.0454. The maximum Gasteiger partial charge on any atom is 0.461 e. The molecule has 2 nitrogen and oxygen atoms in total. The zero-order valence-corrected chi connectivity index (χ0v) is 15.6. The second-order valence-electron chi connectivity index (χ2n) is 8.55. The first-order chi connectivity index (χ1) is 10.4. The SMILES string of the molecule is CCCCCCCCCCC1CC1B1OC(C)(C)C(C)(C)O1. The van der Waals surface area contributed by atoms with Crippen LogP contribution in [0.3, 0.4) is 0 Å². The van der Waals surface area contributed by atoms with Gasteiger partial charge in [0.05, 0.1) is 11.2 Å². The molecule has 3 heteroatoms. The van der Waals surface area contributed by atoms with Crippen molar-refractivity contribution in [1.29, 1.82) is 0 Å². The minimum Gasteiger partial charge on any atom is -0.403 e. The van der Waals surface area contributed by atoms with E-state index in [1.165, 1.54) is 64.2 Å². The highest BCUT2D eigenvalue weighted by Gasteiger charge is 2.59. The van der Waals surface area contributed by atoms with Gasteiger partial charge in [0.2, 0.25) is 0 Å². The Hall–Kier alpha value is -0.0151. The maximum absolute atomic E-state index is 6.18. The van der Waals surface area contributed by atoms with Gasteiger partial charge in [-0.2, -0.15) is 0 Å². The van der Waals surface area contributed by atoms with Crippen molar-refractivity contribution < 1.29 is 9.31 Å². The van der Waals surface area contributed by atoms with Crippen molar-refractivity contribution >= 4 is 7.12 Å². The molecule has 0 aromatic rings. The highest BCUT2D eigenvalue weighted by Crippen LogP contribution is 2.55. The zero-order chi connectivity index (χ0) is 16.2. The average molecular weight is 308 g/mol. The van der Waals surface area contributed by atoms with Crippen LogP contribution in [0.4, 0.5) is 0 Å². The molecule has 0 spiro atoms. The highest BCUT2D eigenvalue weighted by molar-refractivity contribution is 6.48. The van der Waals surface area contributed by atoms with E-state index in [9.17, 15) is 0 Å². The molecule has 2 unspecified atom stereocenters. The molecule has 0 aromatic heterocycles. The van der Waals surface area contributed by atoms with Crippen LogP contribution in [0.25, 0.3) is 0 Å². The summed E-state index contributed by atoms with van der Waals surface area (Å²) >= 11 is 0. The van der Waals surface area contributed by atoms with Gasteiger partial charge in [-0.3, -0.25) is 0 Å². The van der Waals surface area contributed by atoms with Crippen LogP contribution in [0.2, 0.25) is 5.82 Å². The summed E-state index contributed by atoms with van der Waals surface area (Å²) in [6.07, 6.45) is 14.0. The van der Waals surface area contributed by atoms with Crippen molar-refractivity contribution in [2.24, 2.45) is 5.92 Å². The van der Waals surface area contributed by atoms with E-state index in [0.717, 1.165) is 5.92 Å². The van der Waals surface area contributed by atoms with Crippen LogP contribution in [0.15, 0.2) is 0 Å². The molecule has 1 saturated carbocycles. The van der Waals surface area contributed by atoms with E-state index in [-0.39, 0.29) is 18.3 Å². The Labute approximate surface area is 138 Å². The molecule has 1 aliphatic heterocycles. The predicted molar refractivity (Wildman–Crippen MR) is 95.2 cm³/mol. The normalized spacial score (nSPS) is 29.0. The fraction of sp³-hybridized carbons (Fsp3) is 1.00. The van der Waals surface area contributed by atoms with Crippen molar-refractivity contribution in [3.05, 3.63) is 0 Å². The summed E-state index contributed by atoms with van der Waals surface area (Å²) in [6.45, 7) is 10.9. The molecule has 128 valence electrons. The van der Waals surface area contributed by atoms with Crippen LogP contribution in [-0.4, -0.2) is 18.3 Å². The first-order valence-electron chi connectivity index (χ1n) is 9.73. The third-order valence-corrected chi connectivity index (χ3v) is 6.03. The van der Waals surface area contributed by atoms with Gasteiger partial charge in [0.15, 0.2) is 0 Å². The third kappa shape index (κ3) is 4.74. The molecule has 2 aliphatic rings. The van der Waals surface area contributed by atoms with Crippen molar-refractivity contribution in [2.45, 2.75) is 116 Å². The molecule has 22 heavy (non-hydrogen) atoms. The van der Waals surface area contributed by atoms with Gasteiger partial charge in [-0.25, -0.2) is 0 Å². The molecular weight excluding hydrogens is 271 g/mol. The molecule has 0 N–H and O–H groups in total. The lowest BCUT2D eigenvalue weighted by Crippen LogP contribution is -2.41. The topological polar surface area (TPSA) is 18.5 Å². The lowest BCUT2D eigenvalue weighted by molar-refractivity contribution is 0.00578. The molecule has 0 aromatic carbocycles. The lowest BCUT2D eigenvalue weighted by atomic mass is 9.80.